The van der Waals surface area contributed by atoms with E-state index < -0.39 is 0 Å². The Hall–Kier alpha value is -1.92. The number of nitrogens with zero attached hydrogens (tertiary/aromatic N) is 3. The molecule has 0 amide bonds. The van der Waals surface area contributed by atoms with Gasteiger partial charge in [0.15, 0.2) is 11.6 Å². The van der Waals surface area contributed by atoms with Gasteiger partial charge in [0.1, 0.15) is 12.2 Å². The van der Waals surface area contributed by atoms with Gasteiger partial charge in [0.05, 0.1) is 6.04 Å². The summed E-state index contributed by atoms with van der Waals surface area (Å²) in [6.07, 6.45) is 0.603. The van der Waals surface area contributed by atoms with Crippen LogP contribution in [0.25, 0.3) is 0 Å². The van der Waals surface area contributed by atoms with Crippen molar-refractivity contribution in [3.63, 3.8) is 0 Å². The first-order chi connectivity index (χ1) is 11.1. The number of nitrogens with one attached hydrogen (secondary N) is 1. The van der Waals surface area contributed by atoms with Crippen LogP contribution in [0.5, 0.6) is 0 Å². The van der Waals surface area contributed by atoms with Crippen molar-refractivity contribution in [1.29, 1.82) is 0 Å². The normalized spacial score (nSPS) is 15.2. The van der Waals surface area contributed by atoms with Crippen LogP contribution >= 0.6 is 0 Å². The molecule has 1 N–H and O–H groups in total. The first-order valence-electron chi connectivity index (χ1n) is 7.94. The summed E-state index contributed by atoms with van der Waals surface area (Å²) in [4.78, 5) is 0. The number of aromatic nitrogens is 3. The summed E-state index contributed by atoms with van der Waals surface area (Å²) in [5, 5.41) is 8.56. The van der Waals surface area contributed by atoms with Crippen molar-refractivity contribution in [2.75, 3.05) is 19.6 Å². The van der Waals surface area contributed by atoms with Gasteiger partial charge in [-0.3, -0.25) is 0 Å². The fourth-order valence-corrected chi connectivity index (χ4v) is 2.42. The highest BCUT2D eigenvalue weighted by molar-refractivity contribution is 5.22. The summed E-state index contributed by atoms with van der Waals surface area (Å²) in [7, 11) is 3.33. The average Bonchev–Trinajstić information content (AvgIpc) is 3.02. The minimum atomic E-state index is -0.166. The number of hydrogen-bond donors (Lipinski definition) is 1. The third-order valence-electron chi connectivity index (χ3n) is 4.04. The monoisotopic (exact) mass is 318 g/mol. The van der Waals surface area contributed by atoms with Gasteiger partial charge in [-0.2, -0.15) is 0 Å². The highest BCUT2D eigenvalue weighted by Gasteiger charge is 2.23. The van der Waals surface area contributed by atoms with Crippen molar-refractivity contribution in [3.05, 3.63) is 47.5 Å². The zero-order valence-electron chi connectivity index (χ0n) is 14.5. The van der Waals surface area contributed by atoms with E-state index in [-0.39, 0.29) is 18.2 Å². The molecule has 1 heterocycles. The highest BCUT2D eigenvalue weighted by atomic mass is 16.5. The lowest BCUT2D eigenvalue weighted by atomic mass is 10.1. The molecule has 0 aliphatic carbocycles. The first kappa shape index (κ1) is 17.4. The Morgan fingerprint density at radius 2 is 1.52 bits per heavy atom. The van der Waals surface area contributed by atoms with Gasteiger partial charge in [-0.05, 0) is 25.8 Å². The second-order valence-corrected chi connectivity index (χ2v) is 5.51. The Kier molecular flexibility index (Phi) is 6.12. The molecule has 0 spiro atoms. The van der Waals surface area contributed by atoms with Crippen molar-refractivity contribution in [2.24, 2.45) is 0 Å². The lowest BCUT2D eigenvalue weighted by Crippen LogP contribution is -2.26. The second-order valence-electron chi connectivity index (χ2n) is 5.51. The molecule has 0 radical (unpaired) electrons. The second kappa shape index (κ2) is 8.08. The molecule has 0 saturated heterocycles. The van der Waals surface area contributed by atoms with Gasteiger partial charge in [0.25, 0.3) is 0 Å². The topological polar surface area (TPSA) is 61.2 Å². The molecule has 1 aromatic carbocycles. The van der Waals surface area contributed by atoms with E-state index in [0.29, 0.717) is 0 Å². The lowest BCUT2D eigenvalue weighted by Gasteiger charge is -2.24. The zero-order chi connectivity index (χ0) is 16.8. The van der Waals surface area contributed by atoms with E-state index in [4.69, 9.17) is 9.47 Å². The Balaban J connectivity index is 2.37. The van der Waals surface area contributed by atoms with E-state index in [1.165, 1.54) is 5.56 Å². The Morgan fingerprint density at radius 1 is 1.00 bits per heavy atom. The molecule has 0 aliphatic heterocycles. The highest BCUT2D eigenvalue weighted by Crippen LogP contribution is 2.23. The molecule has 0 saturated carbocycles. The van der Waals surface area contributed by atoms with Crippen LogP contribution in [0, 0.1) is 0 Å². The zero-order valence-corrected chi connectivity index (χ0v) is 14.5. The fraction of sp³-hybridized carbons (Fsp3) is 0.529. The number of hydrogen-bond acceptors (Lipinski definition) is 5. The SMILES string of the molecule is CCC(Nn1c([C@H](C)OC)nnc1[C@H](C)OC)c1ccccc1. The van der Waals surface area contributed by atoms with Gasteiger partial charge in [-0.25, -0.2) is 4.68 Å². The third kappa shape index (κ3) is 3.89. The van der Waals surface area contributed by atoms with Crippen molar-refractivity contribution in [2.45, 2.75) is 45.4 Å². The van der Waals surface area contributed by atoms with E-state index in [1.54, 1.807) is 14.2 Å². The van der Waals surface area contributed by atoms with Crippen LogP contribution in [0.2, 0.25) is 0 Å². The number of ether oxygens (including phenoxy) is 2. The smallest absolute Gasteiger partial charge is 0.180 e. The van der Waals surface area contributed by atoms with Crippen LogP contribution in [0.1, 0.15) is 62.7 Å². The summed E-state index contributed by atoms with van der Waals surface area (Å²) in [5.74, 6) is 1.47. The van der Waals surface area contributed by atoms with Gasteiger partial charge in [-0.1, -0.05) is 37.3 Å². The molecule has 3 atom stereocenters. The predicted molar refractivity (Wildman–Crippen MR) is 89.7 cm³/mol. The van der Waals surface area contributed by atoms with Gasteiger partial charge in [-0.15, -0.1) is 10.2 Å². The summed E-state index contributed by atoms with van der Waals surface area (Å²) < 4.78 is 12.7. The predicted octanol–water partition coefficient (Wildman–Crippen LogP) is 3.39. The van der Waals surface area contributed by atoms with Crippen LogP contribution in [-0.2, 0) is 9.47 Å². The van der Waals surface area contributed by atoms with Crippen molar-refractivity contribution < 1.29 is 9.47 Å². The molecule has 6 heteroatoms. The third-order valence-corrected chi connectivity index (χ3v) is 4.04. The molecule has 126 valence electrons. The Bertz CT molecular complexity index is 572. The minimum Gasteiger partial charge on any atom is -0.374 e. The molecule has 2 aromatic rings. The van der Waals surface area contributed by atoms with E-state index in [1.807, 2.05) is 36.7 Å². The van der Waals surface area contributed by atoms with Gasteiger partial charge < -0.3 is 14.9 Å². The van der Waals surface area contributed by atoms with Gasteiger partial charge in [0, 0.05) is 14.2 Å². The average molecular weight is 318 g/mol. The molecular formula is C17H26N4O2. The largest absolute Gasteiger partial charge is 0.374 e. The Labute approximate surface area is 137 Å². The van der Waals surface area contributed by atoms with Crippen molar-refractivity contribution >= 4 is 0 Å². The molecular weight excluding hydrogens is 292 g/mol. The molecule has 0 aliphatic rings. The van der Waals surface area contributed by atoms with Crippen LogP contribution in [-0.4, -0.2) is 29.1 Å². The van der Waals surface area contributed by atoms with E-state index >= 15 is 0 Å². The molecule has 0 bridgehead atoms. The van der Waals surface area contributed by atoms with Crippen LogP contribution in [0.15, 0.2) is 30.3 Å². The van der Waals surface area contributed by atoms with Crippen LogP contribution < -0.4 is 5.43 Å². The molecule has 2 rings (SSSR count). The summed E-state index contributed by atoms with van der Waals surface area (Å²) in [6.45, 7) is 6.05. The molecule has 0 fully saturated rings. The van der Waals surface area contributed by atoms with E-state index in [2.05, 4.69) is 34.7 Å². The summed E-state index contributed by atoms with van der Waals surface area (Å²) >= 11 is 0. The molecule has 1 unspecified atom stereocenters. The standard InChI is InChI=1S/C17H26N4O2/c1-6-15(14-10-8-7-9-11-14)20-21-16(12(2)22-4)18-19-17(21)13(3)23-5/h7-13,15,20H,6H2,1-5H3/t12-,13-,15?/m0/s1. The maximum atomic E-state index is 5.42. The van der Waals surface area contributed by atoms with Gasteiger partial charge >= 0.3 is 0 Å². The quantitative estimate of drug-likeness (QED) is 0.808. The van der Waals surface area contributed by atoms with Crippen molar-refractivity contribution in [1.82, 2.24) is 14.9 Å². The molecule has 23 heavy (non-hydrogen) atoms. The maximum absolute atomic E-state index is 5.42. The minimum absolute atomic E-state index is 0.151. The summed E-state index contributed by atoms with van der Waals surface area (Å²) in [5.41, 5.74) is 4.74. The number of rotatable bonds is 8. The van der Waals surface area contributed by atoms with Crippen molar-refractivity contribution in [3.8, 4) is 0 Å². The number of benzene rings is 1. The Morgan fingerprint density at radius 3 is 1.96 bits per heavy atom. The number of methoxy groups -OCH3 is 2. The summed E-state index contributed by atoms with van der Waals surface area (Å²) in [6, 6.07) is 10.5. The maximum Gasteiger partial charge on any atom is 0.180 e. The molecule has 1 aromatic heterocycles. The van der Waals surface area contributed by atoms with Gasteiger partial charge in [0.2, 0.25) is 0 Å². The van der Waals surface area contributed by atoms with E-state index in [0.717, 1.165) is 18.1 Å². The van der Waals surface area contributed by atoms with Crippen LogP contribution in [0.4, 0.5) is 0 Å². The van der Waals surface area contributed by atoms with Crippen LogP contribution in [0.3, 0.4) is 0 Å². The molecule has 6 nitrogen and oxygen atoms in total. The first-order valence-corrected chi connectivity index (χ1v) is 7.94. The van der Waals surface area contributed by atoms with E-state index in [9.17, 15) is 0 Å². The lowest BCUT2D eigenvalue weighted by molar-refractivity contribution is 0.101. The fourth-order valence-electron chi connectivity index (χ4n) is 2.42.